The summed E-state index contributed by atoms with van der Waals surface area (Å²) in [5.41, 5.74) is 3.63. The summed E-state index contributed by atoms with van der Waals surface area (Å²) in [6, 6.07) is 3.01. The average Bonchev–Trinajstić information content (AvgIpc) is 3.02. The summed E-state index contributed by atoms with van der Waals surface area (Å²) in [6.07, 6.45) is 2.00. The van der Waals surface area contributed by atoms with E-state index in [-0.39, 0.29) is 56.6 Å². The molecule has 1 unspecified atom stereocenters. The number of ketones is 1. The Labute approximate surface area is 288 Å². The number of carboxylic acid groups (broad SMARTS) is 1. The first-order valence-corrected chi connectivity index (χ1v) is 15.5. The molecule has 0 saturated heterocycles. The zero-order valence-corrected chi connectivity index (χ0v) is 29.4. The van der Waals surface area contributed by atoms with Crippen molar-refractivity contribution in [2.24, 2.45) is 5.92 Å². The lowest BCUT2D eigenvalue weighted by Crippen LogP contribution is -2.32. The van der Waals surface area contributed by atoms with Gasteiger partial charge in [-0.3, -0.25) is 9.59 Å². The number of esters is 3. The average molecular weight is 687 g/mol. The van der Waals surface area contributed by atoms with Crippen molar-refractivity contribution in [3.8, 4) is 23.0 Å². The molecule has 12 nitrogen and oxygen atoms in total. The van der Waals surface area contributed by atoms with E-state index in [0.717, 1.165) is 12.2 Å². The Kier molecular flexibility index (Phi) is 10.3. The molecule has 0 spiro atoms. The number of phenols is 1. The Balaban J connectivity index is 1.63. The van der Waals surface area contributed by atoms with Gasteiger partial charge in [0.2, 0.25) is 0 Å². The molecule has 0 radical (unpaired) electrons. The number of ether oxygens (including phenoxy) is 4. The topological polar surface area (TPSA) is 183 Å². The molecule has 1 aliphatic rings. The second-order valence-corrected chi connectivity index (χ2v) is 12.2. The first-order chi connectivity index (χ1) is 23.3. The van der Waals surface area contributed by atoms with E-state index in [0.29, 0.717) is 38.9 Å². The van der Waals surface area contributed by atoms with Crippen LogP contribution in [0.1, 0.15) is 81.1 Å². The summed E-state index contributed by atoms with van der Waals surface area (Å²) in [4.78, 5) is 64.3. The van der Waals surface area contributed by atoms with Crippen molar-refractivity contribution in [1.82, 2.24) is 0 Å². The second-order valence-electron chi connectivity index (χ2n) is 12.2. The van der Waals surface area contributed by atoms with Crippen molar-refractivity contribution < 1.29 is 58.2 Å². The Bertz CT molecular complexity index is 2050. The molecule has 3 N–H and O–H groups in total. The minimum absolute atomic E-state index is 0.0392. The van der Waals surface area contributed by atoms with E-state index in [9.17, 15) is 39.3 Å². The highest BCUT2D eigenvalue weighted by Gasteiger charge is 2.37. The molecular formula is C38H38O12. The minimum atomic E-state index is -1.48. The van der Waals surface area contributed by atoms with Gasteiger partial charge in [-0.25, -0.2) is 14.4 Å². The number of aryl methyl sites for hydroxylation is 2. The van der Waals surface area contributed by atoms with Gasteiger partial charge >= 0.3 is 23.9 Å². The van der Waals surface area contributed by atoms with E-state index < -0.39 is 41.3 Å². The third kappa shape index (κ3) is 6.56. The number of allylic oxidation sites excluding steroid dienone is 2. The third-order valence-electron chi connectivity index (χ3n) is 9.16. The van der Waals surface area contributed by atoms with Crippen LogP contribution in [0.15, 0.2) is 35.8 Å². The van der Waals surface area contributed by atoms with Gasteiger partial charge in [0.15, 0.2) is 11.7 Å². The maximum Gasteiger partial charge on any atom is 0.347 e. The largest absolute Gasteiger partial charge is 0.508 e. The maximum atomic E-state index is 13.6. The van der Waals surface area contributed by atoms with Crippen LogP contribution in [0.2, 0.25) is 0 Å². The highest BCUT2D eigenvalue weighted by atomic mass is 16.5. The van der Waals surface area contributed by atoms with E-state index in [1.165, 1.54) is 33.1 Å². The molecule has 3 aromatic rings. The number of benzene rings is 3. The lowest BCUT2D eigenvalue weighted by molar-refractivity contribution is -0.142. The number of aromatic carboxylic acids is 1. The lowest BCUT2D eigenvalue weighted by Gasteiger charge is -2.22. The number of phenolic OH excluding ortho intramolecular Hbond substituents is 1. The summed E-state index contributed by atoms with van der Waals surface area (Å²) < 4.78 is 22.2. The molecule has 0 amide bonds. The highest BCUT2D eigenvalue weighted by Crippen LogP contribution is 2.40. The fourth-order valence-electron chi connectivity index (χ4n) is 5.97. The smallest absolute Gasteiger partial charge is 0.347 e. The highest BCUT2D eigenvalue weighted by molar-refractivity contribution is 6.09. The fraction of sp³-hybridized carbons (Fsp3) is 0.289. The van der Waals surface area contributed by atoms with Gasteiger partial charge in [-0.2, -0.15) is 0 Å². The van der Waals surface area contributed by atoms with Gasteiger partial charge in [-0.15, -0.1) is 0 Å². The van der Waals surface area contributed by atoms with Gasteiger partial charge in [0, 0.05) is 17.7 Å². The summed E-state index contributed by atoms with van der Waals surface area (Å²) >= 11 is 0. The van der Waals surface area contributed by atoms with Gasteiger partial charge in [0.05, 0.1) is 18.2 Å². The van der Waals surface area contributed by atoms with Crippen LogP contribution in [0.25, 0.3) is 0 Å². The summed E-state index contributed by atoms with van der Waals surface area (Å²) in [5.74, 6) is -6.60. The van der Waals surface area contributed by atoms with Crippen LogP contribution in [0.5, 0.6) is 23.0 Å². The summed E-state index contributed by atoms with van der Waals surface area (Å²) in [6.45, 7) is 14.5. The van der Waals surface area contributed by atoms with E-state index >= 15 is 0 Å². The van der Waals surface area contributed by atoms with Crippen molar-refractivity contribution in [3.05, 3.63) is 103 Å². The molecule has 1 aliphatic carbocycles. The normalized spacial score (nSPS) is 14.0. The van der Waals surface area contributed by atoms with Crippen LogP contribution in [0, 0.1) is 68.2 Å². The van der Waals surface area contributed by atoms with Crippen molar-refractivity contribution >= 4 is 29.7 Å². The van der Waals surface area contributed by atoms with Crippen molar-refractivity contribution in [2.75, 3.05) is 7.11 Å². The Hall–Kier alpha value is -5.91. The number of carboxylic acids is 1. The van der Waals surface area contributed by atoms with Crippen LogP contribution >= 0.6 is 0 Å². The molecule has 3 aromatic carbocycles. The molecule has 262 valence electrons. The van der Waals surface area contributed by atoms with Gasteiger partial charge in [0.1, 0.15) is 40.1 Å². The molecule has 0 saturated carbocycles. The van der Waals surface area contributed by atoms with Crippen molar-refractivity contribution in [3.63, 3.8) is 0 Å². The van der Waals surface area contributed by atoms with E-state index in [1.54, 1.807) is 48.5 Å². The molecule has 0 aromatic heterocycles. The zero-order valence-electron chi connectivity index (χ0n) is 29.4. The summed E-state index contributed by atoms with van der Waals surface area (Å²) in [5, 5.41) is 30.4. The number of methoxy groups -OCH3 is 1. The first-order valence-electron chi connectivity index (χ1n) is 15.5. The Morgan fingerprint density at radius 3 is 1.62 bits per heavy atom. The van der Waals surface area contributed by atoms with Crippen LogP contribution in [-0.4, -0.2) is 52.1 Å². The number of aromatic hydroxyl groups is 1. The fourth-order valence-corrected chi connectivity index (χ4v) is 5.97. The molecule has 0 heterocycles. The zero-order chi connectivity index (χ0) is 37.5. The van der Waals surface area contributed by atoms with Gasteiger partial charge in [0.25, 0.3) is 0 Å². The Morgan fingerprint density at radius 1 is 0.620 bits per heavy atom. The number of aliphatic hydroxyl groups excluding tert-OH is 1. The SMILES string of the molecule is COC1=CC(O)=CC(=O)C1C(=O)Oc1c(C)c(C)c(C(=O)Oc2cc(C)c(C(=O)Oc3cc(C)c(C(=O)O)c(C)c3C)c(C)c2C)c(O)c1C. The molecule has 0 bridgehead atoms. The van der Waals surface area contributed by atoms with Gasteiger partial charge in [-0.05, 0) is 119 Å². The molecule has 12 heteroatoms. The molecule has 0 aliphatic heterocycles. The standard InChI is InChI=1S/C38H38O12/c1-15-11-26(17(3)19(5)29(15)35(42)43)48-36(44)30-16(2)12-27(18(4)20(30)6)49-37(45)31-21(7)22(8)34(23(9)33(31)41)50-38(46)32-25(40)13-24(39)14-28(32)47-10/h11-14,32,39,41H,1-10H3,(H,42,43). The van der Waals surface area contributed by atoms with Gasteiger partial charge in [-0.1, -0.05) is 0 Å². The van der Waals surface area contributed by atoms with Crippen LogP contribution in [-0.2, 0) is 14.3 Å². The Morgan fingerprint density at radius 2 is 1.10 bits per heavy atom. The monoisotopic (exact) mass is 686 g/mol. The third-order valence-corrected chi connectivity index (χ3v) is 9.16. The van der Waals surface area contributed by atoms with E-state index in [1.807, 2.05) is 0 Å². The number of carbonyl (C=O) groups is 5. The van der Waals surface area contributed by atoms with Crippen molar-refractivity contribution in [1.29, 1.82) is 0 Å². The quantitative estimate of drug-likeness (QED) is 0.135. The number of aliphatic hydroxyl groups is 1. The minimum Gasteiger partial charge on any atom is -0.508 e. The summed E-state index contributed by atoms with van der Waals surface area (Å²) in [7, 11) is 1.24. The molecule has 4 rings (SSSR count). The van der Waals surface area contributed by atoms with Crippen LogP contribution < -0.4 is 14.2 Å². The molecular weight excluding hydrogens is 648 g/mol. The van der Waals surface area contributed by atoms with Crippen LogP contribution in [0.3, 0.4) is 0 Å². The van der Waals surface area contributed by atoms with Crippen molar-refractivity contribution in [2.45, 2.75) is 62.3 Å². The predicted octanol–water partition coefficient (Wildman–Crippen LogP) is 6.38. The van der Waals surface area contributed by atoms with E-state index in [4.69, 9.17) is 18.9 Å². The molecule has 0 fully saturated rings. The first kappa shape index (κ1) is 36.9. The second kappa shape index (κ2) is 13.9. The number of hydrogen-bond acceptors (Lipinski definition) is 11. The maximum absolute atomic E-state index is 13.6. The van der Waals surface area contributed by atoms with Crippen LogP contribution in [0.4, 0.5) is 0 Å². The number of hydrogen-bond donors (Lipinski definition) is 3. The number of rotatable bonds is 8. The predicted molar refractivity (Wildman–Crippen MR) is 180 cm³/mol. The lowest BCUT2D eigenvalue weighted by atomic mass is 9.95. The van der Waals surface area contributed by atoms with E-state index in [2.05, 4.69) is 0 Å². The van der Waals surface area contributed by atoms with Gasteiger partial charge < -0.3 is 34.3 Å². The molecule has 50 heavy (non-hydrogen) atoms. The number of carbonyl (C=O) groups excluding carboxylic acids is 4. The molecule has 1 atom stereocenters.